The molecule has 0 bridgehead atoms. The van der Waals surface area contributed by atoms with Gasteiger partial charge in [0.1, 0.15) is 11.6 Å². The van der Waals surface area contributed by atoms with Crippen LogP contribution in [0.15, 0.2) is 54.7 Å². The average molecular weight is 424 g/mol. The molecule has 1 fully saturated rings. The van der Waals surface area contributed by atoms with Crippen LogP contribution in [0.3, 0.4) is 0 Å². The molecule has 2 aromatic carbocycles. The van der Waals surface area contributed by atoms with Crippen molar-refractivity contribution in [2.75, 3.05) is 13.6 Å². The SMILES string of the molecule is CN(Cc1ccccc1)C(=O)c1cn[nH]c1C1CCCCN1Cc1c(F)cccc1F. The number of aromatic nitrogens is 2. The Morgan fingerprint density at radius 1 is 1.13 bits per heavy atom. The smallest absolute Gasteiger partial charge is 0.257 e. The van der Waals surface area contributed by atoms with Crippen molar-refractivity contribution in [3.8, 4) is 0 Å². The van der Waals surface area contributed by atoms with Gasteiger partial charge in [-0.25, -0.2) is 8.78 Å². The number of H-pyrrole nitrogens is 1. The van der Waals surface area contributed by atoms with E-state index in [9.17, 15) is 13.6 Å². The van der Waals surface area contributed by atoms with E-state index in [0.717, 1.165) is 24.8 Å². The van der Waals surface area contributed by atoms with Crippen molar-refractivity contribution in [2.24, 2.45) is 0 Å². The zero-order valence-corrected chi connectivity index (χ0v) is 17.5. The zero-order valence-electron chi connectivity index (χ0n) is 17.5. The van der Waals surface area contributed by atoms with E-state index < -0.39 is 11.6 Å². The molecular formula is C24H26F2N4O. The highest BCUT2D eigenvalue weighted by atomic mass is 19.1. The van der Waals surface area contributed by atoms with Gasteiger partial charge in [0.15, 0.2) is 0 Å². The monoisotopic (exact) mass is 424 g/mol. The highest BCUT2D eigenvalue weighted by Gasteiger charge is 2.31. The second-order valence-corrected chi connectivity index (χ2v) is 8.03. The van der Waals surface area contributed by atoms with Crippen LogP contribution in [0, 0.1) is 11.6 Å². The number of amides is 1. The minimum atomic E-state index is -0.548. The van der Waals surface area contributed by atoms with Crippen molar-refractivity contribution < 1.29 is 13.6 Å². The Morgan fingerprint density at radius 2 is 1.87 bits per heavy atom. The predicted molar refractivity (Wildman–Crippen MR) is 114 cm³/mol. The molecule has 4 rings (SSSR count). The number of piperidine rings is 1. The van der Waals surface area contributed by atoms with Crippen LogP contribution in [0.2, 0.25) is 0 Å². The summed E-state index contributed by atoms with van der Waals surface area (Å²) in [6, 6.07) is 13.6. The van der Waals surface area contributed by atoms with Gasteiger partial charge in [0.05, 0.1) is 23.5 Å². The standard InChI is InChI=1S/C24H26F2N4O/c1-29(15-17-8-3-2-4-9-17)24(31)18-14-27-28-23(18)22-12-5-6-13-30(22)16-19-20(25)10-7-11-21(19)26/h2-4,7-11,14,22H,5-6,12-13,15-16H2,1H3,(H,27,28). The van der Waals surface area contributed by atoms with Crippen LogP contribution in [0.5, 0.6) is 0 Å². The largest absolute Gasteiger partial charge is 0.337 e. The lowest BCUT2D eigenvalue weighted by Crippen LogP contribution is -2.35. The van der Waals surface area contributed by atoms with Crippen LogP contribution in [0.25, 0.3) is 0 Å². The van der Waals surface area contributed by atoms with Crippen molar-refractivity contribution in [1.29, 1.82) is 0 Å². The number of carbonyl (C=O) groups excluding carboxylic acids is 1. The average Bonchev–Trinajstić information content (AvgIpc) is 3.26. The third kappa shape index (κ3) is 4.66. The Balaban J connectivity index is 1.56. The summed E-state index contributed by atoms with van der Waals surface area (Å²) < 4.78 is 28.5. The van der Waals surface area contributed by atoms with Gasteiger partial charge in [0.2, 0.25) is 0 Å². The van der Waals surface area contributed by atoms with Gasteiger partial charge in [-0.2, -0.15) is 5.10 Å². The molecule has 31 heavy (non-hydrogen) atoms. The van der Waals surface area contributed by atoms with Gasteiger partial charge in [-0.15, -0.1) is 0 Å². The summed E-state index contributed by atoms with van der Waals surface area (Å²) >= 11 is 0. The Labute approximate surface area is 180 Å². The predicted octanol–water partition coefficient (Wildman–Crippen LogP) is 4.69. The van der Waals surface area contributed by atoms with Crippen molar-refractivity contribution in [1.82, 2.24) is 20.0 Å². The van der Waals surface area contributed by atoms with E-state index in [1.165, 1.54) is 18.2 Å². The van der Waals surface area contributed by atoms with Gasteiger partial charge in [-0.1, -0.05) is 42.8 Å². The van der Waals surface area contributed by atoms with Gasteiger partial charge < -0.3 is 4.90 Å². The van der Waals surface area contributed by atoms with E-state index >= 15 is 0 Å². The third-order valence-corrected chi connectivity index (χ3v) is 5.88. The molecule has 1 aliphatic rings. The van der Waals surface area contributed by atoms with E-state index in [1.807, 2.05) is 35.2 Å². The Morgan fingerprint density at radius 3 is 2.61 bits per heavy atom. The molecule has 1 aliphatic heterocycles. The van der Waals surface area contributed by atoms with Crippen molar-refractivity contribution in [3.05, 3.63) is 88.7 Å². The number of likely N-dealkylation sites (tertiary alicyclic amines) is 1. The number of halogens is 2. The van der Waals surface area contributed by atoms with E-state index in [0.29, 0.717) is 24.3 Å². The highest BCUT2D eigenvalue weighted by Crippen LogP contribution is 2.34. The quantitative estimate of drug-likeness (QED) is 0.625. The van der Waals surface area contributed by atoms with Crippen LogP contribution in [-0.4, -0.2) is 39.5 Å². The van der Waals surface area contributed by atoms with Gasteiger partial charge in [0.25, 0.3) is 5.91 Å². The number of nitrogens with zero attached hydrogens (tertiary/aromatic N) is 3. The fourth-order valence-corrected chi connectivity index (χ4v) is 4.25. The molecule has 0 aliphatic carbocycles. The molecule has 1 atom stereocenters. The molecule has 0 radical (unpaired) electrons. The molecule has 7 heteroatoms. The second kappa shape index (κ2) is 9.39. The van der Waals surface area contributed by atoms with Gasteiger partial charge in [0, 0.05) is 25.7 Å². The molecule has 162 valence electrons. The lowest BCUT2D eigenvalue weighted by molar-refractivity contribution is 0.0776. The molecular weight excluding hydrogens is 398 g/mol. The summed E-state index contributed by atoms with van der Waals surface area (Å²) in [5, 5.41) is 7.13. The first-order valence-electron chi connectivity index (χ1n) is 10.5. The van der Waals surface area contributed by atoms with Crippen molar-refractivity contribution in [3.63, 3.8) is 0 Å². The minimum Gasteiger partial charge on any atom is -0.337 e. The number of aromatic amines is 1. The zero-order chi connectivity index (χ0) is 21.8. The number of hydrogen-bond acceptors (Lipinski definition) is 3. The molecule has 0 saturated carbocycles. The van der Waals surface area contributed by atoms with Crippen molar-refractivity contribution in [2.45, 2.75) is 38.4 Å². The van der Waals surface area contributed by atoms with Gasteiger partial charge in [-0.3, -0.25) is 14.8 Å². The molecule has 1 amide bonds. The van der Waals surface area contributed by atoms with E-state index in [1.54, 1.807) is 18.1 Å². The molecule has 5 nitrogen and oxygen atoms in total. The molecule has 1 aromatic heterocycles. The molecule has 3 aromatic rings. The highest BCUT2D eigenvalue weighted by molar-refractivity contribution is 5.95. The number of benzene rings is 2. The molecule has 2 heterocycles. The second-order valence-electron chi connectivity index (χ2n) is 8.03. The maximum atomic E-state index is 14.2. The van der Waals surface area contributed by atoms with E-state index in [4.69, 9.17) is 0 Å². The van der Waals surface area contributed by atoms with E-state index in [2.05, 4.69) is 10.2 Å². The number of carbonyl (C=O) groups is 1. The van der Waals surface area contributed by atoms with Gasteiger partial charge in [-0.05, 0) is 37.1 Å². The fourth-order valence-electron chi connectivity index (χ4n) is 4.25. The number of rotatable bonds is 6. The van der Waals surface area contributed by atoms with E-state index in [-0.39, 0.29) is 24.1 Å². The fraction of sp³-hybridized carbons (Fsp3) is 0.333. The van der Waals surface area contributed by atoms with Crippen LogP contribution >= 0.6 is 0 Å². The first-order chi connectivity index (χ1) is 15.0. The Bertz CT molecular complexity index is 1020. The lowest BCUT2D eigenvalue weighted by atomic mass is 9.95. The number of hydrogen-bond donors (Lipinski definition) is 1. The maximum Gasteiger partial charge on any atom is 0.257 e. The molecule has 0 spiro atoms. The first-order valence-corrected chi connectivity index (χ1v) is 10.5. The van der Waals surface area contributed by atoms with Crippen LogP contribution in [0.4, 0.5) is 8.78 Å². The summed E-state index contributed by atoms with van der Waals surface area (Å²) in [6.07, 6.45) is 4.27. The topological polar surface area (TPSA) is 52.2 Å². The first kappa shape index (κ1) is 21.2. The summed E-state index contributed by atoms with van der Waals surface area (Å²) in [5.41, 5.74) is 2.31. The normalized spacial score (nSPS) is 16.9. The summed E-state index contributed by atoms with van der Waals surface area (Å²) in [4.78, 5) is 16.9. The number of nitrogens with one attached hydrogen (secondary N) is 1. The lowest BCUT2D eigenvalue weighted by Gasteiger charge is -2.35. The molecule has 1 N–H and O–H groups in total. The van der Waals surface area contributed by atoms with Crippen LogP contribution in [-0.2, 0) is 13.1 Å². The third-order valence-electron chi connectivity index (χ3n) is 5.88. The Kier molecular flexibility index (Phi) is 6.42. The Hall–Kier alpha value is -3.06. The summed E-state index contributed by atoms with van der Waals surface area (Å²) in [7, 11) is 1.76. The van der Waals surface area contributed by atoms with Crippen LogP contribution < -0.4 is 0 Å². The summed E-state index contributed by atoms with van der Waals surface area (Å²) in [5.74, 6) is -1.23. The van der Waals surface area contributed by atoms with Crippen LogP contribution in [0.1, 0.15) is 52.5 Å². The van der Waals surface area contributed by atoms with Gasteiger partial charge >= 0.3 is 0 Å². The van der Waals surface area contributed by atoms with Crippen molar-refractivity contribution >= 4 is 5.91 Å². The maximum absolute atomic E-state index is 14.2. The molecule has 1 saturated heterocycles. The molecule has 1 unspecified atom stereocenters. The summed E-state index contributed by atoms with van der Waals surface area (Å²) in [6.45, 7) is 1.33. The minimum absolute atomic E-state index is 0.0583.